The average molecular weight is 473 g/mol. The third-order valence-electron chi connectivity index (χ3n) is 9.59. The van der Waals surface area contributed by atoms with Gasteiger partial charge in [-0.3, -0.25) is 0 Å². The molecule has 0 radical (unpaired) electrons. The van der Waals surface area contributed by atoms with E-state index in [1.807, 2.05) is 13.8 Å². The Morgan fingerprint density at radius 3 is 2.62 bits per heavy atom. The predicted octanol–water partition coefficient (Wildman–Crippen LogP) is 7.27. The molecule has 34 heavy (non-hydrogen) atoms. The summed E-state index contributed by atoms with van der Waals surface area (Å²) in [5, 5.41) is 31.8. The minimum absolute atomic E-state index is 0.363. The van der Waals surface area contributed by atoms with Crippen LogP contribution in [0.1, 0.15) is 118 Å². The zero-order valence-corrected chi connectivity index (χ0v) is 22.7. The van der Waals surface area contributed by atoms with E-state index in [0.29, 0.717) is 36.5 Å². The third kappa shape index (κ3) is 6.26. The van der Waals surface area contributed by atoms with Gasteiger partial charge >= 0.3 is 0 Å². The lowest BCUT2D eigenvalue weighted by atomic mass is 9.60. The van der Waals surface area contributed by atoms with Crippen LogP contribution in [0.5, 0.6) is 0 Å². The van der Waals surface area contributed by atoms with Crippen LogP contribution in [0.2, 0.25) is 0 Å². The maximum atomic E-state index is 11.2. The van der Waals surface area contributed by atoms with E-state index in [-0.39, 0.29) is 0 Å². The van der Waals surface area contributed by atoms with Gasteiger partial charge < -0.3 is 15.3 Å². The highest BCUT2D eigenvalue weighted by atomic mass is 16.3. The Kier molecular flexibility index (Phi) is 8.97. The lowest BCUT2D eigenvalue weighted by molar-refractivity contribution is -0.000479. The molecule has 6 atom stereocenters. The second-order valence-electron chi connectivity index (χ2n) is 12.9. The topological polar surface area (TPSA) is 60.7 Å². The van der Waals surface area contributed by atoms with Gasteiger partial charge in [0, 0.05) is 6.42 Å². The quantitative estimate of drug-likeness (QED) is 0.331. The van der Waals surface area contributed by atoms with Gasteiger partial charge in [-0.1, -0.05) is 70.8 Å². The zero-order chi connectivity index (χ0) is 25.1. The van der Waals surface area contributed by atoms with E-state index in [1.54, 1.807) is 5.57 Å². The van der Waals surface area contributed by atoms with Crippen molar-refractivity contribution in [3.63, 3.8) is 0 Å². The molecule has 0 heterocycles. The van der Waals surface area contributed by atoms with Gasteiger partial charge in [0.05, 0.1) is 17.3 Å². The van der Waals surface area contributed by atoms with Gasteiger partial charge in [0.2, 0.25) is 0 Å². The third-order valence-corrected chi connectivity index (χ3v) is 9.59. The Bertz CT molecular complexity index is 772. The Hall–Kier alpha value is -0.900. The van der Waals surface area contributed by atoms with Crippen molar-refractivity contribution in [2.24, 2.45) is 23.2 Å². The first-order chi connectivity index (χ1) is 15.9. The molecule has 3 aliphatic carbocycles. The van der Waals surface area contributed by atoms with Crippen molar-refractivity contribution in [2.75, 3.05) is 0 Å². The highest BCUT2D eigenvalue weighted by Gasteiger charge is 2.50. The number of allylic oxidation sites excluding steroid dienone is 3. The monoisotopic (exact) mass is 472 g/mol. The van der Waals surface area contributed by atoms with Crippen LogP contribution in [-0.2, 0) is 0 Å². The molecule has 0 bridgehead atoms. The summed E-state index contributed by atoms with van der Waals surface area (Å²) in [7, 11) is 0. The highest BCUT2D eigenvalue weighted by Crippen LogP contribution is 2.60. The summed E-state index contributed by atoms with van der Waals surface area (Å²) in [4.78, 5) is 0. The van der Waals surface area contributed by atoms with Gasteiger partial charge in [0.15, 0.2) is 0 Å². The number of unbranched alkanes of at least 4 members (excludes halogenated alkanes) is 1. The fourth-order valence-corrected chi connectivity index (χ4v) is 7.63. The molecular weight excluding hydrogens is 420 g/mol. The molecule has 3 saturated carbocycles. The summed E-state index contributed by atoms with van der Waals surface area (Å²) in [6.45, 7) is 15.2. The van der Waals surface area contributed by atoms with E-state index in [9.17, 15) is 15.3 Å². The molecule has 3 nitrogen and oxygen atoms in total. The van der Waals surface area contributed by atoms with Crippen molar-refractivity contribution in [1.82, 2.24) is 0 Å². The van der Waals surface area contributed by atoms with Crippen LogP contribution in [0.4, 0.5) is 0 Å². The average Bonchev–Trinajstić information content (AvgIpc) is 3.10. The molecule has 3 heteroatoms. The maximum Gasteiger partial charge on any atom is 0.0918 e. The van der Waals surface area contributed by atoms with Crippen molar-refractivity contribution in [1.29, 1.82) is 0 Å². The lowest BCUT2D eigenvalue weighted by Gasteiger charge is -2.44. The minimum Gasteiger partial charge on any atom is -0.393 e. The molecule has 3 fully saturated rings. The van der Waals surface area contributed by atoms with Gasteiger partial charge in [-0.05, 0) is 99.5 Å². The smallest absolute Gasteiger partial charge is 0.0918 e. The molecule has 0 spiro atoms. The summed E-state index contributed by atoms with van der Waals surface area (Å²) in [5.41, 5.74) is 2.27. The molecule has 0 unspecified atom stereocenters. The Balaban J connectivity index is 1.73. The molecule has 0 saturated heterocycles. The van der Waals surface area contributed by atoms with Gasteiger partial charge in [-0.15, -0.1) is 0 Å². The van der Waals surface area contributed by atoms with E-state index in [1.165, 1.54) is 38.5 Å². The molecule has 0 amide bonds. The van der Waals surface area contributed by atoms with Gasteiger partial charge in [0.25, 0.3) is 0 Å². The number of fused-ring (bicyclic) bond motifs is 1. The first kappa shape index (κ1) is 27.7. The number of aliphatic hydroxyl groups excluding tert-OH is 1. The largest absolute Gasteiger partial charge is 0.393 e. The molecule has 3 aliphatic rings. The second kappa shape index (κ2) is 11.0. The summed E-state index contributed by atoms with van der Waals surface area (Å²) in [6.07, 6.45) is 17.2. The van der Waals surface area contributed by atoms with Crippen LogP contribution in [-0.4, -0.2) is 32.6 Å². The van der Waals surface area contributed by atoms with E-state index < -0.39 is 17.3 Å². The van der Waals surface area contributed by atoms with Gasteiger partial charge in [0.1, 0.15) is 0 Å². The molecule has 3 rings (SSSR count). The molecule has 194 valence electrons. The molecule has 0 aromatic heterocycles. The Labute approximate surface area is 209 Å². The summed E-state index contributed by atoms with van der Waals surface area (Å²) >= 11 is 0. The number of hydrogen-bond donors (Lipinski definition) is 3. The first-order valence-corrected chi connectivity index (χ1v) is 14.1. The first-order valence-electron chi connectivity index (χ1n) is 14.1. The predicted molar refractivity (Wildman–Crippen MR) is 143 cm³/mol. The standard InChI is InChI=1S/C31H52O3/c1-7-8-19-31(34)21-26(32)20-25(23(31)3)14-13-24-12-10-18-30(6)27(15-16-28(24)30)22(2)11-9-17-29(4,5)33/h13-14,22,26-28,32-34H,3,7-12,15-21H2,1-2,4-6H3/b24-13+,25-14-/t22-,26-,27-,28+,30-,31+/m1/s1. The van der Waals surface area contributed by atoms with Crippen LogP contribution in [0, 0.1) is 23.2 Å². The maximum absolute atomic E-state index is 11.2. The number of rotatable bonds is 9. The SMILES string of the molecule is C=C1/C(=C\C=C2/CCC[C@]3(C)[C@@H]([C@H](C)CCCC(C)(C)O)CC[C@@H]23)C[C@@H](O)C[C@@]1(O)CCCC. The lowest BCUT2D eigenvalue weighted by Crippen LogP contribution is -2.40. The molecule has 0 aromatic carbocycles. The summed E-state index contributed by atoms with van der Waals surface area (Å²) < 4.78 is 0. The van der Waals surface area contributed by atoms with Crippen LogP contribution in [0.15, 0.2) is 35.5 Å². The molecule has 3 N–H and O–H groups in total. The highest BCUT2D eigenvalue weighted by molar-refractivity contribution is 5.42. The normalized spacial score (nSPS) is 37.9. The van der Waals surface area contributed by atoms with E-state index in [4.69, 9.17) is 0 Å². The Morgan fingerprint density at radius 1 is 1.21 bits per heavy atom. The summed E-state index contributed by atoms with van der Waals surface area (Å²) in [6, 6.07) is 0. The fourth-order valence-electron chi connectivity index (χ4n) is 7.63. The van der Waals surface area contributed by atoms with E-state index >= 15 is 0 Å². The Morgan fingerprint density at radius 2 is 1.94 bits per heavy atom. The van der Waals surface area contributed by atoms with Crippen LogP contribution < -0.4 is 0 Å². The molecule has 0 aliphatic heterocycles. The number of hydrogen-bond acceptors (Lipinski definition) is 3. The minimum atomic E-state index is -0.962. The number of aliphatic hydroxyl groups is 3. The second-order valence-corrected chi connectivity index (χ2v) is 12.9. The zero-order valence-electron chi connectivity index (χ0n) is 22.7. The van der Waals surface area contributed by atoms with Crippen LogP contribution >= 0.6 is 0 Å². The van der Waals surface area contributed by atoms with Crippen molar-refractivity contribution >= 4 is 0 Å². The summed E-state index contributed by atoms with van der Waals surface area (Å²) in [5.74, 6) is 2.08. The van der Waals surface area contributed by atoms with Crippen molar-refractivity contribution in [3.8, 4) is 0 Å². The molecular formula is C31H52O3. The van der Waals surface area contributed by atoms with Gasteiger partial charge in [-0.25, -0.2) is 0 Å². The van der Waals surface area contributed by atoms with E-state index in [2.05, 4.69) is 39.5 Å². The van der Waals surface area contributed by atoms with Crippen molar-refractivity contribution in [3.05, 3.63) is 35.5 Å². The van der Waals surface area contributed by atoms with Gasteiger partial charge in [-0.2, -0.15) is 0 Å². The van der Waals surface area contributed by atoms with E-state index in [0.717, 1.165) is 42.7 Å². The van der Waals surface area contributed by atoms with Crippen molar-refractivity contribution in [2.45, 2.75) is 135 Å². The fraction of sp³-hybridized carbons (Fsp3) is 0.806. The van der Waals surface area contributed by atoms with Crippen molar-refractivity contribution < 1.29 is 15.3 Å². The molecule has 0 aromatic rings. The van der Waals surface area contributed by atoms with Crippen LogP contribution in [0.25, 0.3) is 0 Å². The van der Waals surface area contributed by atoms with Crippen LogP contribution in [0.3, 0.4) is 0 Å².